The van der Waals surface area contributed by atoms with Crippen molar-refractivity contribution < 1.29 is 8.42 Å². The van der Waals surface area contributed by atoms with Gasteiger partial charge in [-0.2, -0.15) is 11.3 Å². The van der Waals surface area contributed by atoms with Gasteiger partial charge < -0.3 is 5.73 Å². The van der Waals surface area contributed by atoms with Crippen LogP contribution in [0.1, 0.15) is 5.56 Å². The van der Waals surface area contributed by atoms with Crippen LogP contribution >= 0.6 is 22.7 Å². The second-order valence-electron chi connectivity index (χ2n) is 2.86. The Bertz CT molecular complexity index is 560. The van der Waals surface area contributed by atoms with E-state index in [4.69, 9.17) is 5.73 Å². The zero-order valence-corrected chi connectivity index (χ0v) is 10.4. The summed E-state index contributed by atoms with van der Waals surface area (Å²) in [4.78, 5) is 0. The van der Waals surface area contributed by atoms with E-state index in [-0.39, 0.29) is 16.0 Å². The molecule has 0 aliphatic heterocycles. The first-order valence-corrected chi connectivity index (χ1v) is 7.42. The molecular weight excluding hydrogens is 268 g/mol. The number of anilines is 1. The van der Waals surface area contributed by atoms with E-state index >= 15 is 0 Å². The summed E-state index contributed by atoms with van der Waals surface area (Å²) in [6.07, 6.45) is 0. The molecule has 86 valence electrons. The maximum Gasteiger partial charge on any atom is 0.270 e. The van der Waals surface area contributed by atoms with Crippen molar-refractivity contribution in [2.75, 3.05) is 5.73 Å². The number of sulfonamides is 1. The molecule has 0 amide bonds. The molecule has 0 unspecified atom stereocenters. The number of thiophene rings is 1. The lowest BCUT2D eigenvalue weighted by Gasteiger charge is -2.00. The Hall–Kier alpha value is -1.03. The SMILES string of the molecule is Nc1nnc(S(=O)(=O)NCc2ccsc2)s1. The maximum absolute atomic E-state index is 11.7. The Kier molecular flexibility index (Phi) is 3.19. The third-order valence-corrected chi connectivity index (χ3v) is 4.95. The van der Waals surface area contributed by atoms with Crippen molar-refractivity contribution in [2.45, 2.75) is 10.9 Å². The molecular formula is C7H8N4O2S3. The summed E-state index contributed by atoms with van der Waals surface area (Å²) in [5.41, 5.74) is 6.23. The lowest BCUT2D eigenvalue weighted by molar-refractivity contribution is 0.579. The minimum atomic E-state index is -3.60. The van der Waals surface area contributed by atoms with Crippen molar-refractivity contribution in [3.63, 3.8) is 0 Å². The van der Waals surface area contributed by atoms with Crippen molar-refractivity contribution in [3.8, 4) is 0 Å². The third-order valence-electron chi connectivity index (χ3n) is 1.70. The van der Waals surface area contributed by atoms with Crippen LogP contribution in [-0.4, -0.2) is 18.6 Å². The van der Waals surface area contributed by atoms with E-state index in [1.165, 1.54) is 11.3 Å². The number of hydrogen-bond acceptors (Lipinski definition) is 7. The number of aromatic nitrogens is 2. The van der Waals surface area contributed by atoms with Gasteiger partial charge in [0.1, 0.15) is 0 Å². The molecule has 0 saturated carbocycles. The quantitative estimate of drug-likeness (QED) is 0.855. The number of nitrogen functional groups attached to an aromatic ring is 1. The van der Waals surface area contributed by atoms with Gasteiger partial charge in [0.05, 0.1) is 0 Å². The molecule has 2 aromatic rings. The van der Waals surface area contributed by atoms with E-state index < -0.39 is 10.0 Å². The molecule has 2 aromatic heterocycles. The fourth-order valence-electron chi connectivity index (χ4n) is 0.962. The van der Waals surface area contributed by atoms with Gasteiger partial charge >= 0.3 is 0 Å². The van der Waals surface area contributed by atoms with Crippen molar-refractivity contribution in [2.24, 2.45) is 0 Å². The number of nitrogens with zero attached hydrogens (tertiary/aromatic N) is 2. The molecule has 3 N–H and O–H groups in total. The minimum Gasteiger partial charge on any atom is -0.374 e. The largest absolute Gasteiger partial charge is 0.374 e. The summed E-state index contributed by atoms with van der Waals surface area (Å²) in [6, 6.07) is 1.85. The van der Waals surface area contributed by atoms with E-state index in [9.17, 15) is 8.42 Å². The molecule has 0 saturated heterocycles. The van der Waals surface area contributed by atoms with Crippen LogP contribution in [0.25, 0.3) is 0 Å². The minimum absolute atomic E-state index is 0.111. The van der Waals surface area contributed by atoms with Gasteiger partial charge in [-0.3, -0.25) is 0 Å². The van der Waals surface area contributed by atoms with Crippen LogP contribution in [0.2, 0.25) is 0 Å². The lowest BCUT2D eigenvalue weighted by Crippen LogP contribution is -2.22. The molecule has 2 heterocycles. The monoisotopic (exact) mass is 276 g/mol. The standard InChI is InChI=1S/C7H8N4O2S3/c8-6-10-11-7(15-6)16(12,13)9-3-5-1-2-14-4-5/h1-2,4,9H,3H2,(H2,8,10). The molecule has 0 bridgehead atoms. The van der Waals surface area contributed by atoms with Gasteiger partial charge in [0.25, 0.3) is 10.0 Å². The molecule has 0 aliphatic rings. The van der Waals surface area contributed by atoms with E-state index in [1.54, 1.807) is 0 Å². The molecule has 0 aromatic carbocycles. The second kappa shape index (κ2) is 4.45. The van der Waals surface area contributed by atoms with E-state index in [1.807, 2.05) is 16.8 Å². The highest BCUT2D eigenvalue weighted by Crippen LogP contribution is 2.17. The van der Waals surface area contributed by atoms with E-state index in [0.717, 1.165) is 16.9 Å². The highest BCUT2D eigenvalue weighted by atomic mass is 32.2. The Morgan fingerprint density at radius 3 is 2.81 bits per heavy atom. The van der Waals surface area contributed by atoms with Gasteiger partial charge in [-0.1, -0.05) is 11.3 Å². The average molecular weight is 276 g/mol. The van der Waals surface area contributed by atoms with Crippen LogP contribution in [0.3, 0.4) is 0 Å². The number of hydrogen-bond donors (Lipinski definition) is 2. The summed E-state index contributed by atoms with van der Waals surface area (Å²) in [5, 5.41) is 10.8. The lowest BCUT2D eigenvalue weighted by atomic mass is 10.4. The zero-order valence-electron chi connectivity index (χ0n) is 7.95. The van der Waals surface area contributed by atoms with E-state index in [2.05, 4.69) is 14.9 Å². The smallest absolute Gasteiger partial charge is 0.270 e. The molecule has 16 heavy (non-hydrogen) atoms. The topological polar surface area (TPSA) is 98.0 Å². The second-order valence-corrected chi connectivity index (χ2v) is 6.59. The summed E-state index contributed by atoms with van der Waals surface area (Å²) < 4.78 is 25.7. The van der Waals surface area contributed by atoms with E-state index in [0.29, 0.717) is 0 Å². The number of rotatable bonds is 4. The number of nitrogens with two attached hydrogens (primary N) is 1. The number of nitrogens with one attached hydrogen (secondary N) is 1. The van der Waals surface area contributed by atoms with Gasteiger partial charge in [0, 0.05) is 6.54 Å². The maximum atomic E-state index is 11.7. The van der Waals surface area contributed by atoms with Crippen LogP contribution in [0, 0.1) is 0 Å². The fourth-order valence-corrected chi connectivity index (χ4v) is 3.47. The molecule has 2 rings (SSSR count). The fraction of sp³-hybridized carbons (Fsp3) is 0.143. The Morgan fingerprint density at radius 2 is 2.25 bits per heavy atom. The highest BCUT2D eigenvalue weighted by molar-refractivity contribution is 7.91. The van der Waals surface area contributed by atoms with Crippen molar-refractivity contribution in [1.29, 1.82) is 0 Å². The van der Waals surface area contributed by atoms with Gasteiger partial charge in [0.15, 0.2) is 0 Å². The molecule has 0 radical (unpaired) electrons. The first-order chi connectivity index (χ1) is 7.58. The molecule has 6 nitrogen and oxygen atoms in total. The Labute approximate surface area is 100 Å². The summed E-state index contributed by atoms with van der Waals surface area (Å²) >= 11 is 2.35. The summed E-state index contributed by atoms with van der Waals surface area (Å²) in [6.45, 7) is 0.241. The van der Waals surface area contributed by atoms with Crippen LogP contribution in [0.5, 0.6) is 0 Å². The van der Waals surface area contributed by atoms with Crippen LogP contribution in [0.15, 0.2) is 21.2 Å². The third kappa shape index (κ3) is 2.55. The van der Waals surface area contributed by atoms with Gasteiger partial charge in [-0.05, 0) is 22.4 Å². The summed E-state index contributed by atoms with van der Waals surface area (Å²) in [5.74, 6) is 0. The average Bonchev–Trinajstić information content (AvgIpc) is 2.85. The zero-order chi connectivity index (χ0) is 11.6. The summed E-state index contributed by atoms with van der Waals surface area (Å²) in [7, 11) is -3.60. The molecule has 0 spiro atoms. The first kappa shape index (κ1) is 11.5. The Morgan fingerprint density at radius 1 is 1.44 bits per heavy atom. The van der Waals surface area contributed by atoms with Gasteiger partial charge in [-0.15, -0.1) is 10.2 Å². The predicted octanol–water partition coefficient (Wildman–Crippen LogP) is 0.660. The van der Waals surface area contributed by atoms with Crippen molar-refractivity contribution >= 4 is 37.8 Å². The van der Waals surface area contributed by atoms with Gasteiger partial charge in [0.2, 0.25) is 9.47 Å². The Balaban J connectivity index is 2.09. The molecule has 9 heteroatoms. The van der Waals surface area contributed by atoms with Crippen LogP contribution < -0.4 is 10.5 Å². The van der Waals surface area contributed by atoms with Crippen molar-refractivity contribution in [3.05, 3.63) is 22.4 Å². The predicted molar refractivity (Wildman–Crippen MR) is 62.7 cm³/mol. The molecule has 0 fully saturated rings. The molecule has 0 aliphatic carbocycles. The highest BCUT2D eigenvalue weighted by Gasteiger charge is 2.18. The first-order valence-electron chi connectivity index (χ1n) is 4.17. The van der Waals surface area contributed by atoms with Gasteiger partial charge in [-0.25, -0.2) is 13.1 Å². The normalized spacial score (nSPS) is 11.8. The van der Waals surface area contributed by atoms with Crippen LogP contribution in [-0.2, 0) is 16.6 Å². The molecule has 0 atom stereocenters. The van der Waals surface area contributed by atoms with Crippen LogP contribution in [0.4, 0.5) is 5.13 Å². The van der Waals surface area contributed by atoms with Crippen molar-refractivity contribution in [1.82, 2.24) is 14.9 Å².